The predicted octanol–water partition coefficient (Wildman–Crippen LogP) is 8.61. The maximum atomic E-state index is 16.5. The number of allylic oxidation sites excluding steroid dienone is 2. The van der Waals surface area contributed by atoms with E-state index < -0.39 is 59.4 Å². The van der Waals surface area contributed by atoms with Crippen LogP contribution in [0.4, 0.5) is 15.6 Å². The first-order valence-corrected chi connectivity index (χ1v) is 23.6. The molecular weight excluding hydrogens is 881 g/mol. The van der Waals surface area contributed by atoms with Crippen LogP contribution in [0.3, 0.4) is 0 Å². The summed E-state index contributed by atoms with van der Waals surface area (Å²) >= 11 is 1.25. The van der Waals surface area contributed by atoms with Crippen LogP contribution in [0.5, 0.6) is 5.75 Å². The molecule has 0 radical (unpaired) electrons. The van der Waals surface area contributed by atoms with Gasteiger partial charge in [-0.2, -0.15) is 0 Å². The number of rotatable bonds is 11. The minimum Gasteiger partial charge on any atom is -0.491 e. The van der Waals surface area contributed by atoms with Crippen molar-refractivity contribution in [2.75, 3.05) is 43.8 Å². The van der Waals surface area contributed by atoms with Gasteiger partial charge in [-0.1, -0.05) is 120 Å². The Labute approximate surface area is 397 Å². The second-order valence-electron chi connectivity index (χ2n) is 17.1. The second kappa shape index (κ2) is 19.2. The van der Waals surface area contributed by atoms with E-state index >= 15 is 14.4 Å². The Kier molecular flexibility index (Phi) is 12.6. The summed E-state index contributed by atoms with van der Waals surface area (Å²) in [7, 11) is 1.47. The number of anilines is 2. The number of cyclic esters (lactones) is 1. The highest BCUT2D eigenvalue weighted by molar-refractivity contribution is 7.22. The highest BCUT2D eigenvalue weighted by Crippen LogP contribution is 2.67. The lowest BCUT2D eigenvalue weighted by Gasteiger charge is -2.46. The number of imide groups is 1. The third-order valence-corrected chi connectivity index (χ3v) is 14.1. The molecule has 14 heteroatoms. The number of hydrogen-bond donors (Lipinski definition) is 2. The summed E-state index contributed by atoms with van der Waals surface area (Å²) in [5.41, 5.74) is 2.39. The van der Waals surface area contributed by atoms with Gasteiger partial charge >= 0.3 is 12.1 Å². The average Bonchev–Trinajstić information content (AvgIpc) is 4.01. The third-order valence-electron chi connectivity index (χ3n) is 13.2. The average molecular weight is 929 g/mol. The minimum atomic E-state index is -2.10. The summed E-state index contributed by atoms with van der Waals surface area (Å²) in [5, 5.41) is 13.4. The first kappa shape index (κ1) is 44.7. The number of fused-ring (bicyclic) bond motifs is 4. The lowest BCUT2D eigenvalue weighted by atomic mass is 9.65. The van der Waals surface area contributed by atoms with Gasteiger partial charge in [-0.25, -0.2) is 14.7 Å². The second-order valence-corrected chi connectivity index (χ2v) is 18.1. The molecular formula is C54H48N4O9S. The number of para-hydroxylation sites is 2. The van der Waals surface area contributed by atoms with Crippen molar-refractivity contribution in [1.82, 2.24) is 9.88 Å². The van der Waals surface area contributed by atoms with E-state index in [1.807, 2.05) is 89.8 Å². The maximum Gasteiger partial charge on any atom is 0.421 e. The molecule has 3 amide bonds. The number of aliphatic hydroxyl groups is 1. The van der Waals surface area contributed by atoms with Gasteiger partial charge in [0.05, 0.1) is 47.1 Å². The SMILES string of the molecule is COCCOC(=O)N1C(=O)C2(c3cc(C#CC4=CCCCC4)ccc31)C(C(=O)Nc1nc3ccccc3s1)C1C(=O)OC(c3ccccc3)C(c3ccccc3)N1C2c1ccccc1OCCO. The summed E-state index contributed by atoms with van der Waals surface area (Å²) in [6, 6.07) is 35.1. The predicted molar refractivity (Wildman–Crippen MR) is 256 cm³/mol. The number of nitrogens with zero attached hydrogens (tertiary/aromatic N) is 3. The quantitative estimate of drug-likeness (QED) is 0.0729. The van der Waals surface area contributed by atoms with Crippen LogP contribution in [0.2, 0.25) is 0 Å². The van der Waals surface area contributed by atoms with Gasteiger partial charge < -0.3 is 29.4 Å². The number of thiazole rings is 1. The highest BCUT2D eigenvalue weighted by atomic mass is 32.1. The molecule has 344 valence electrons. The molecule has 1 spiro atoms. The molecule has 5 aromatic carbocycles. The first-order chi connectivity index (χ1) is 33.3. The molecule has 3 aliphatic heterocycles. The van der Waals surface area contributed by atoms with Gasteiger partial charge in [0, 0.05) is 18.2 Å². The molecule has 6 unspecified atom stereocenters. The summed E-state index contributed by atoms with van der Waals surface area (Å²) < 4.78 is 24.7. The number of esters is 1. The van der Waals surface area contributed by atoms with Crippen molar-refractivity contribution in [2.24, 2.45) is 5.92 Å². The smallest absolute Gasteiger partial charge is 0.421 e. The normalized spacial score (nSPS) is 23.0. The Balaban J connectivity index is 1.28. The van der Waals surface area contributed by atoms with E-state index in [4.69, 9.17) is 23.9 Å². The molecule has 1 aliphatic carbocycles. The Morgan fingerprint density at radius 3 is 2.37 bits per heavy atom. The fourth-order valence-electron chi connectivity index (χ4n) is 10.4. The molecule has 0 bridgehead atoms. The molecule has 2 N–H and O–H groups in total. The highest BCUT2D eigenvalue weighted by Gasteiger charge is 2.76. The van der Waals surface area contributed by atoms with Gasteiger partial charge in [-0.3, -0.25) is 19.3 Å². The standard InChI is InChI=1S/C54H48N4O9S/c1-64-31-32-66-53(63)57-41-28-27-35(26-25-34-15-5-2-6-16-34)33-39(41)54(51(57)62)44(49(60)56-52-55-40-22-12-14-24-43(40)68-52)46-50(61)67-47(37-19-9-4-10-20-37)45(36-17-7-3-8-18-36)58(46)48(54)38-21-11-13-23-42(38)65-30-29-59/h3-4,7-15,17-24,27-28,33,44-48,59H,2,5-6,16,29-32H2,1H3,(H,55,56,60). The van der Waals surface area contributed by atoms with Gasteiger partial charge in [0.2, 0.25) is 11.8 Å². The molecule has 6 aromatic rings. The van der Waals surface area contributed by atoms with Crippen molar-refractivity contribution in [3.05, 3.63) is 167 Å². The number of nitrogens with one attached hydrogen (secondary N) is 1. The van der Waals surface area contributed by atoms with E-state index in [0.717, 1.165) is 46.4 Å². The van der Waals surface area contributed by atoms with Crippen LogP contribution >= 0.6 is 11.3 Å². The van der Waals surface area contributed by atoms with Crippen LogP contribution < -0.4 is 15.0 Å². The van der Waals surface area contributed by atoms with Crippen molar-refractivity contribution in [2.45, 2.75) is 55.3 Å². The minimum absolute atomic E-state index is 0.0584. The third kappa shape index (κ3) is 7.90. The monoisotopic (exact) mass is 928 g/mol. The van der Waals surface area contributed by atoms with Crippen LogP contribution in [0.15, 0.2) is 139 Å². The lowest BCUT2D eigenvalue weighted by Crippen LogP contribution is -2.54. The van der Waals surface area contributed by atoms with E-state index in [9.17, 15) is 9.90 Å². The van der Waals surface area contributed by atoms with Gasteiger partial charge in [-0.15, -0.1) is 0 Å². The summed E-state index contributed by atoms with van der Waals surface area (Å²) in [6.45, 7) is -0.529. The fraction of sp³-hybridized carbons (Fsp3) is 0.278. The van der Waals surface area contributed by atoms with E-state index in [1.165, 1.54) is 18.4 Å². The van der Waals surface area contributed by atoms with Crippen molar-refractivity contribution in [1.29, 1.82) is 0 Å². The Morgan fingerprint density at radius 2 is 1.62 bits per heavy atom. The van der Waals surface area contributed by atoms with Gasteiger partial charge in [-0.05, 0) is 84.3 Å². The lowest BCUT2D eigenvalue weighted by molar-refractivity contribution is -0.177. The molecule has 68 heavy (non-hydrogen) atoms. The van der Waals surface area contributed by atoms with E-state index in [0.29, 0.717) is 28.0 Å². The van der Waals surface area contributed by atoms with Crippen LogP contribution in [-0.4, -0.2) is 78.4 Å². The van der Waals surface area contributed by atoms with Crippen molar-refractivity contribution < 1.29 is 43.2 Å². The summed E-state index contributed by atoms with van der Waals surface area (Å²) in [5.74, 6) is 3.14. The molecule has 13 nitrogen and oxygen atoms in total. The first-order valence-electron chi connectivity index (χ1n) is 22.8. The number of aromatic nitrogens is 1. The summed E-state index contributed by atoms with van der Waals surface area (Å²) in [6.07, 6.45) is 4.09. The Morgan fingerprint density at radius 1 is 0.868 bits per heavy atom. The van der Waals surface area contributed by atoms with E-state index in [2.05, 4.69) is 23.2 Å². The number of amides is 3. The number of hydrogen-bond acceptors (Lipinski definition) is 12. The largest absolute Gasteiger partial charge is 0.491 e. The zero-order chi connectivity index (χ0) is 46.8. The van der Waals surface area contributed by atoms with Crippen molar-refractivity contribution in [3.63, 3.8) is 0 Å². The number of ether oxygens (including phenoxy) is 4. The zero-order valence-electron chi connectivity index (χ0n) is 37.2. The molecule has 6 atom stereocenters. The Hall–Kier alpha value is -7.15. The van der Waals surface area contributed by atoms with Gasteiger partial charge in [0.15, 0.2) is 5.13 Å². The number of methoxy groups -OCH3 is 1. The van der Waals surface area contributed by atoms with Crippen LogP contribution in [0, 0.1) is 17.8 Å². The van der Waals surface area contributed by atoms with Crippen LogP contribution in [-0.2, 0) is 34.0 Å². The van der Waals surface area contributed by atoms with E-state index in [-0.39, 0.29) is 42.8 Å². The number of carbonyl (C=O) groups is 4. The molecule has 4 aliphatic rings. The molecule has 10 rings (SSSR count). The van der Waals surface area contributed by atoms with E-state index in [1.54, 1.807) is 42.5 Å². The zero-order valence-corrected chi connectivity index (χ0v) is 38.0. The molecule has 2 saturated heterocycles. The summed E-state index contributed by atoms with van der Waals surface area (Å²) in [4.78, 5) is 70.2. The van der Waals surface area contributed by atoms with Crippen LogP contribution in [0.1, 0.15) is 71.7 Å². The Bertz CT molecular complexity index is 2950. The molecule has 4 heterocycles. The van der Waals surface area contributed by atoms with Crippen LogP contribution in [0.25, 0.3) is 10.2 Å². The maximum absolute atomic E-state index is 16.5. The number of carbonyl (C=O) groups excluding carboxylic acids is 4. The fourth-order valence-corrected chi connectivity index (χ4v) is 11.3. The van der Waals surface area contributed by atoms with Gasteiger partial charge in [0.1, 0.15) is 36.5 Å². The number of benzene rings is 5. The van der Waals surface area contributed by atoms with Crippen molar-refractivity contribution in [3.8, 4) is 17.6 Å². The molecule has 1 aromatic heterocycles. The van der Waals surface area contributed by atoms with Crippen molar-refractivity contribution >= 4 is 56.2 Å². The molecule has 2 fully saturated rings. The number of aliphatic hydroxyl groups excluding tert-OH is 1. The topological polar surface area (TPSA) is 157 Å². The number of morpholine rings is 1. The molecule has 0 saturated carbocycles. The van der Waals surface area contributed by atoms with Gasteiger partial charge in [0.25, 0.3) is 0 Å².